The lowest BCUT2D eigenvalue weighted by Gasteiger charge is -2.47. The summed E-state index contributed by atoms with van der Waals surface area (Å²) in [4.78, 5) is 1.15. The number of rotatable bonds is 2. The highest BCUT2D eigenvalue weighted by molar-refractivity contribution is 7.10. The summed E-state index contributed by atoms with van der Waals surface area (Å²) in [5.41, 5.74) is 0.590. The summed E-state index contributed by atoms with van der Waals surface area (Å²) in [7, 11) is 0. The fourth-order valence-corrected chi connectivity index (χ4v) is 5.20. The third-order valence-electron chi connectivity index (χ3n) is 5.37. The second-order valence-corrected chi connectivity index (χ2v) is 7.78. The zero-order valence-electron chi connectivity index (χ0n) is 12.7. The van der Waals surface area contributed by atoms with Gasteiger partial charge in [-0.2, -0.15) is 0 Å². The van der Waals surface area contributed by atoms with Gasteiger partial charge < -0.3 is 9.84 Å². The molecule has 1 saturated heterocycles. The van der Waals surface area contributed by atoms with E-state index in [1.54, 1.807) is 11.3 Å². The van der Waals surface area contributed by atoms with Crippen LogP contribution in [0.4, 0.5) is 0 Å². The first-order valence-corrected chi connectivity index (χ1v) is 8.82. The van der Waals surface area contributed by atoms with E-state index in [0.717, 1.165) is 24.3 Å². The molecule has 3 rings (SSSR count). The smallest absolute Gasteiger partial charge is 0.0992 e. The third-order valence-corrected chi connectivity index (χ3v) is 6.62. The van der Waals surface area contributed by atoms with Gasteiger partial charge in [-0.25, -0.2) is 0 Å². The van der Waals surface area contributed by atoms with E-state index in [9.17, 15) is 5.11 Å². The van der Waals surface area contributed by atoms with Gasteiger partial charge in [0.1, 0.15) is 0 Å². The molecule has 1 aliphatic heterocycles. The van der Waals surface area contributed by atoms with E-state index in [1.807, 2.05) is 6.92 Å². The molecule has 1 spiro atoms. The van der Waals surface area contributed by atoms with Crippen molar-refractivity contribution in [3.8, 4) is 0 Å². The molecule has 2 aliphatic rings. The summed E-state index contributed by atoms with van der Waals surface area (Å²) in [5, 5.41) is 13.2. The minimum atomic E-state index is -0.702. The van der Waals surface area contributed by atoms with Crippen molar-refractivity contribution in [1.82, 2.24) is 0 Å². The first-order valence-electron chi connectivity index (χ1n) is 7.94. The Kier molecular flexibility index (Phi) is 3.95. The molecule has 2 unspecified atom stereocenters. The predicted octanol–water partition coefficient (Wildman–Crippen LogP) is 4.39. The second-order valence-electron chi connectivity index (χ2n) is 6.86. The van der Waals surface area contributed by atoms with E-state index in [2.05, 4.69) is 18.4 Å². The number of hydrogen-bond donors (Lipinski definition) is 1. The largest absolute Gasteiger partial charge is 0.384 e. The van der Waals surface area contributed by atoms with Crippen molar-refractivity contribution in [2.75, 3.05) is 6.61 Å². The normalized spacial score (nSPS) is 29.2. The van der Waals surface area contributed by atoms with Gasteiger partial charge >= 0.3 is 0 Å². The predicted molar refractivity (Wildman–Crippen MR) is 83.1 cm³/mol. The molecule has 112 valence electrons. The van der Waals surface area contributed by atoms with Crippen molar-refractivity contribution in [2.45, 2.75) is 70.0 Å². The van der Waals surface area contributed by atoms with Gasteiger partial charge in [0.05, 0.1) is 11.2 Å². The Morgan fingerprint density at radius 2 is 2.10 bits per heavy atom. The van der Waals surface area contributed by atoms with Crippen molar-refractivity contribution < 1.29 is 9.84 Å². The zero-order chi connectivity index (χ0) is 14.2. The first-order chi connectivity index (χ1) is 9.54. The molecule has 2 heterocycles. The number of thiophene rings is 1. The minimum absolute atomic E-state index is 0.0658. The summed E-state index contributed by atoms with van der Waals surface area (Å²) in [6, 6.07) is 2.12. The van der Waals surface area contributed by atoms with Crippen LogP contribution in [0.15, 0.2) is 11.4 Å². The molecule has 1 saturated carbocycles. The summed E-state index contributed by atoms with van der Waals surface area (Å²) in [6.07, 6.45) is 8.28. The van der Waals surface area contributed by atoms with Crippen LogP contribution >= 0.6 is 11.3 Å². The van der Waals surface area contributed by atoms with Gasteiger partial charge in [-0.1, -0.05) is 19.3 Å². The highest BCUT2D eigenvalue weighted by Crippen LogP contribution is 2.47. The molecule has 1 aromatic heterocycles. The minimum Gasteiger partial charge on any atom is -0.384 e. The van der Waals surface area contributed by atoms with E-state index in [4.69, 9.17) is 4.74 Å². The van der Waals surface area contributed by atoms with Crippen LogP contribution in [0.25, 0.3) is 0 Å². The summed E-state index contributed by atoms with van der Waals surface area (Å²) >= 11 is 1.69. The van der Waals surface area contributed by atoms with Gasteiger partial charge in [-0.15, -0.1) is 11.3 Å². The van der Waals surface area contributed by atoms with Crippen molar-refractivity contribution in [2.24, 2.45) is 5.92 Å². The molecular weight excluding hydrogens is 268 g/mol. The third kappa shape index (κ3) is 2.56. The number of hydrogen-bond acceptors (Lipinski definition) is 3. The average molecular weight is 294 g/mol. The van der Waals surface area contributed by atoms with Gasteiger partial charge in [-0.05, 0) is 62.5 Å². The second kappa shape index (κ2) is 5.43. The summed E-state index contributed by atoms with van der Waals surface area (Å²) < 4.78 is 6.17. The lowest BCUT2D eigenvalue weighted by molar-refractivity contribution is -0.154. The maximum atomic E-state index is 11.1. The van der Waals surface area contributed by atoms with Gasteiger partial charge in [0.2, 0.25) is 0 Å². The van der Waals surface area contributed by atoms with Crippen LogP contribution in [0.1, 0.15) is 62.3 Å². The molecule has 0 amide bonds. The maximum absolute atomic E-state index is 11.1. The van der Waals surface area contributed by atoms with Gasteiger partial charge in [0, 0.05) is 11.5 Å². The lowest BCUT2D eigenvalue weighted by atomic mass is 9.70. The number of aryl methyl sites for hydroxylation is 1. The van der Waals surface area contributed by atoms with Crippen molar-refractivity contribution >= 4 is 11.3 Å². The Morgan fingerprint density at radius 3 is 2.75 bits per heavy atom. The first kappa shape index (κ1) is 14.6. The van der Waals surface area contributed by atoms with Crippen molar-refractivity contribution in [3.63, 3.8) is 0 Å². The molecule has 1 aliphatic carbocycles. The topological polar surface area (TPSA) is 29.5 Å². The Hall–Kier alpha value is -0.380. The Balaban J connectivity index is 1.81. The van der Waals surface area contributed by atoms with E-state index in [1.165, 1.54) is 37.7 Å². The molecule has 2 nitrogen and oxygen atoms in total. The zero-order valence-corrected chi connectivity index (χ0v) is 13.5. The Morgan fingerprint density at radius 1 is 1.35 bits per heavy atom. The SMILES string of the molecule is Cc1ccsc1C(C)(O)C1CCOC2(CCCCC2)C1. The van der Waals surface area contributed by atoms with Crippen LogP contribution in [0.5, 0.6) is 0 Å². The van der Waals surface area contributed by atoms with E-state index in [-0.39, 0.29) is 5.60 Å². The van der Waals surface area contributed by atoms with Crippen LogP contribution in [0.2, 0.25) is 0 Å². The molecule has 2 fully saturated rings. The molecule has 1 aromatic rings. The van der Waals surface area contributed by atoms with Crippen LogP contribution < -0.4 is 0 Å². The van der Waals surface area contributed by atoms with E-state index >= 15 is 0 Å². The molecule has 2 atom stereocenters. The summed E-state index contributed by atoms with van der Waals surface area (Å²) in [5.74, 6) is 0.326. The quantitative estimate of drug-likeness (QED) is 0.876. The Bertz CT molecular complexity index is 452. The van der Waals surface area contributed by atoms with Crippen LogP contribution in [-0.2, 0) is 10.3 Å². The van der Waals surface area contributed by atoms with E-state index < -0.39 is 5.60 Å². The number of ether oxygens (including phenoxy) is 1. The van der Waals surface area contributed by atoms with Crippen LogP contribution in [-0.4, -0.2) is 17.3 Å². The molecule has 0 radical (unpaired) electrons. The molecule has 3 heteroatoms. The average Bonchev–Trinajstić information content (AvgIpc) is 2.87. The van der Waals surface area contributed by atoms with Crippen LogP contribution in [0.3, 0.4) is 0 Å². The molecule has 0 bridgehead atoms. The molecule has 20 heavy (non-hydrogen) atoms. The van der Waals surface area contributed by atoms with Gasteiger partial charge in [0.25, 0.3) is 0 Å². The van der Waals surface area contributed by atoms with Crippen LogP contribution in [0, 0.1) is 12.8 Å². The fraction of sp³-hybridized carbons (Fsp3) is 0.765. The van der Waals surface area contributed by atoms with E-state index in [0.29, 0.717) is 5.92 Å². The van der Waals surface area contributed by atoms with Crippen molar-refractivity contribution in [3.05, 3.63) is 21.9 Å². The fourth-order valence-electron chi connectivity index (χ4n) is 4.13. The highest BCUT2D eigenvalue weighted by Gasteiger charge is 2.45. The maximum Gasteiger partial charge on any atom is 0.0992 e. The Labute approximate surface area is 126 Å². The standard InChI is InChI=1S/C17H26O2S/c1-13-7-11-20-15(13)16(2,18)14-6-10-19-17(12-14)8-4-3-5-9-17/h7,11,14,18H,3-6,8-10,12H2,1-2H3. The number of aliphatic hydroxyl groups is 1. The molecule has 0 aromatic carbocycles. The van der Waals surface area contributed by atoms with Gasteiger partial charge in [-0.3, -0.25) is 0 Å². The lowest BCUT2D eigenvalue weighted by Crippen LogP contribution is -2.47. The van der Waals surface area contributed by atoms with Gasteiger partial charge in [0.15, 0.2) is 0 Å². The highest BCUT2D eigenvalue weighted by atomic mass is 32.1. The molecule has 1 N–H and O–H groups in total. The summed E-state index contributed by atoms with van der Waals surface area (Å²) in [6.45, 7) is 4.93. The van der Waals surface area contributed by atoms with Crippen molar-refractivity contribution in [1.29, 1.82) is 0 Å². The molecular formula is C17H26O2S. The monoisotopic (exact) mass is 294 g/mol.